The van der Waals surface area contributed by atoms with E-state index >= 15 is 0 Å². The number of hydrogen-bond acceptors (Lipinski definition) is 4. The Bertz CT molecular complexity index is 1530. The summed E-state index contributed by atoms with van der Waals surface area (Å²) in [5, 5.41) is 12.0. The smallest absolute Gasteiger partial charge is 0.304 e. The molecule has 2 aliphatic heterocycles. The Kier molecular flexibility index (Phi) is 11.1. The molecule has 1 aliphatic carbocycles. The summed E-state index contributed by atoms with van der Waals surface area (Å²) in [6.45, 7) is 11.3. The SMILES string of the molecule is CNCCC[N+]1=C(/C=C/C2=C(Cl)C(=C/C=C3/Oc4ccccc4C3(C)C)/CCC2)C(C)(C)c2ccccc21.NCCC(=O)O. The lowest BCUT2D eigenvalue weighted by atomic mass is 9.81. The van der Waals surface area contributed by atoms with E-state index in [0.717, 1.165) is 55.3 Å². The van der Waals surface area contributed by atoms with Crippen LogP contribution in [0.15, 0.2) is 94.8 Å². The van der Waals surface area contributed by atoms with Gasteiger partial charge in [0.1, 0.15) is 11.5 Å². The molecule has 0 fully saturated rings. The molecule has 2 aromatic carbocycles. The fourth-order valence-electron chi connectivity index (χ4n) is 6.18. The van der Waals surface area contributed by atoms with Crippen molar-refractivity contribution in [2.24, 2.45) is 5.73 Å². The van der Waals surface area contributed by atoms with Gasteiger partial charge in [-0.25, -0.2) is 0 Å². The summed E-state index contributed by atoms with van der Waals surface area (Å²) in [5.74, 6) is 1.08. The van der Waals surface area contributed by atoms with Gasteiger partial charge in [0.25, 0.3) is 0 Å². The number of benzene rings is 2. The Hall–Kier alpha value is -3.45. The zero-order valence-electron chi connectivity index (χ0n) is 26.8. The van der Waals surface area contributed by atoms with Gasteiger partial charge in [-0.1, -0.05) is 60.2 Å². The zero-order chi connectivity index (χ0) is 31.9. The van der Waals surface area contributed by atoms with E-state index in [1.54, 1.807) is 0 Å². The highest BCUT2D eigenvalue weighted by atomic mass is 35.5. The van der Waals surface area contributed by atoms with Gasteiger partial charge in [0, 0.05) is 47.8 Å². The topological polar surface area (TPSA) is 87.6 Å². The van der Waals surface area contributed by atoms with Crippen LogP contribution < -0.4 is 15.8 Å². The predicted molar refractivity (Wildman–Crippen MR) is 181 cm³/mol. The molecule has 0 spiro atoms. The minimum atomic E-state index is -0.836. The fraction of sp³-hybridized carbons (Fsp3) is 0.405. The number of allylic oxidation sites excluding steroid dienone is 8. The highest BCUT2D eigenvalue weighted by Gasteiger charge is 2.44. The summed E-state index contributed by atoms with van der Waals surface area (Å²) in [6.07, 6.45) is 13.1. The van der Waals surface area contributed by atoms with Crippen LogP contribution in [-0.4, -0.2) is 48.0 Å². The van der Waals surface area contributed by atoms with E-state index in [0.29, 0.717) is 0 Å². The van der Waals surface area contributed by atoms with E-state index in [-0.39, 0.29) is 23.8 Å². The van der Waals surface area contributed by atoms with Crippen LogP contribution in [0.3, 0.4) is 0 Å². The maximum Gasteiger partial charge on any atom is 0.304 e. The molecular weight excluding hydrogens is 570 g/mol. The van der Waals surface area contributed by atoms with Gasteiger partial charge in [0.2, 0.25) is 5.69 Å². The molecule has 5 rings (SSSR count). The van der Waals surface area contributed by atoms with Gasteiger partial charge in [-0.15, -0.1) is 0 Å². The van der Waals surface area contributed by atoms with Crippen molar-refractivity contribution in [3.8, 4) is 5.75 Å². The average Bonchev–Trinajstić information content (AvgIpc) is 3.38. The molecule has 0 saturated carbocycles. The van der Waals surface area contributed by atoms with E-state index < -0.39 is 5.97 Å². The highest BCUT2D eigenvalue weighted by Crippen LogP contribution is 2.45. The maximum atomic E-state index is 9.52. The van der Waals surface area contributed by atoms with Crippen LogP contribution in [-0.2, 0) is 15.6 Å². The molecule has 0 aromatic heterocycles. The van der Waals surface area contributed by atoms with Crippen LogP contribution in [0.2, 0.25) is 0 Å². The van der Waals surface area contributed by atoms with Gasteiger partial charge in [0.05, 0.1) is 17.3 Å². The number of ether oxygens (including phenoxy) is 1. The Morgan fingerprint density at radius 1 is 1.02 bits per heavy atom. The highest BCUT2D eigenvalue weighted by molar-refractivity contribution is 6.32. The van der Waals surface area contributed by atoms with E-state index in [2.05, 4.69) is 98.3 Å². The second-order valence-corrected chi connectivity index (χ2v) is 12.9. The third-order valence-corrected chi connectivity index (χ3v) is 9.18. The molecule has 0 saturated heterocycles. The number of para-hydroxylation sites is 2. The second-order valence-electron chi connectivity index (χ2n) is 12.5. The summed E-state index contributed by atoms with van der Waals surface area (Å²) in [7, 11) is 2.02. The number of carboxylic acids is 1. The molecule has 2 aromatic rings. The quantitative estimate of drug-likeness (QED) is 0.200. The van der Waals surface area contributed by atoms with Crippen LogP contribution in [0.25, 0.3) is 0 Å². The van der Waals surface area contributed by atoms with Gasteiger partial charge < -0.3 is 20.9 Å². The summed E-state index contributed by atoms with van der Waals surface area (Å²) in [5.41, 5.74) is 12.3. The molecule has 6 nitrogen and oxygen atoms in total. The van der Waals surface area contributed by atoms with Crippen molar-refractivity contribution in [2.45, 2.75) is 70.6 Å². The van der Waals surface area contributed by atoms with Gasteiger partial charge in [-0.05, 0) is 77.3 Å². The van der Waals surface area contributed by atoms with Crippen molar-refractivity contribution in [1.82, 2.24) is 5.32 Å². The van der Waals surface area contributed by atoms with Gasteiger partial charge in [-0.2, -0.15) is 4.58 Å². The van der Waals surface area contributed by atoms with Crippen molar-refractivity contribution in [2.75, 3.05) is 26.7 Å². The molecule has 44 heavy (non-hydrogen) atoms. The third kappa shape index (κ3) is 7.26. The monoisotopic (exact) mass is 616 g/mol. The summed E-state index contributed by atoms with van der Waals surface area (Å²) >= 11 is 7.04. The number of nitrogens with zero attached hydrogens (tertiary/aromatic N) is 1. The first kappa shape index (κ1) is 33.4. The van der Waals surface area contributed by atoms with Crippen molar-refractivity contribution in [3.05, 3.63) is 106 Å². The minimum absolute atomic E-state index is 0.0576. The van der Waals surface area contributed by atoms with Crippen LogP contribution in [0.1, 0.15) is 70.9 Å². The zero-order valence-corrected chi connectivity index (χ0v) is 27.5. The van der Waals surface area contributed by atoms with Crippen LogP contribution in [0, 0.1) is 0 Å². The van der Waals surface area contributed by atoms with E-state index in [4.69, 9.17) is 27.2 Å². The van der Waals surface area contributed by atoms with Crippen molar-refractivity contribution < 1.29 is 19.2 Å². The summed E-state index contributed by atoms with van der Waals surface area (Å²) < 4.78 is 8.72. The first-order chi connectivity index (χ1) is 21.0. The lowest BCUT2D eigenvalue weighted by molar-refractivity contribution is -0.437. The van der Waals surface area contributed by atoms with Gasteiger partial charge in [-0.3, -0.25) is 4.79 Å². The first-order valence-corrected chi connectivity index (χ1v) is 16.0. The standard InChI is InChI=1S/C34H40ClN2O.C3H7NO2/c1-33(2)26-14-6-8-16-28(26)37(23-11-22-36-5)30(33)20-18-24-12-10-13-25(32(24)35)19-21-31-34(3,4)27-15-7-9-17-29(27)38-31;4-2-1-3(5)6/h6-9,14-21,36H,10-13,22-23H2,1-5H3;1-2,4H2,(H,5,6)/q+1;/b20-18+,25-19+,31-21+;. The molecule has 0 unspecified atom stereocenters. The molecule has 0 atom stereocenters. The molecule has 2 heterocycles. The molecular formula is C37H47ClN3O3+. The number of nitrogens with one attached hydrogen (secondary N) is 1. The fourth-order valence-corrected chi connectivity index (χ4v) is 6.49. The number of aliphatic carboxylic acids is 1. The third-order valence-electron chi connectivity index (χ3n) is 8.70. The number of hydrogen-bond donors (Lipinski definition) is 3. The number of carboxylic acid groups (broad SMARTS) is 1. The van der Waals surface area contributed by atoms with Crippen LogP contribution in [0.5, 0.6) is 5.75 Å². The van der Waals surface area contributed by atoms with Crippen LogP contribution >= 0.6 is 11.6 Å². The largest absolute Gasteiger partial charge is 0.481 e. The summed E-state index contributed by atoms with van der Waals surface area (Å²) in [6, 6.07) is 17.1. The Balaban J connectivity index is 0.000000670. The Labute approximate surface area is 267 Å². The van der Waals surface area contributed by atoms with Crippen molar-refractivity contribution >= 4 is 29.0 Å². The number of rotatable bonds is 9. The number of halogens is 1. The maximum absolute atomic E-state index is 9.52. The number of carbonyl (C=O) groups is 1. The first-order valence-electron chi connectivity index (χ1n) is 15.6. The Morgan fingerprint density at radius 2 is 1.73 bits per heavy atom. The molecule has 7 heteroatoms. The summed E-state index contributed by atoms with van der Waals surface area (Å²) in [4.78, 5) is 9.52. The second kappa shape index (κ2) is 14.6. The molecule has 3 aliphatic rings. The lowest BCUT2D eigenvalue weighted by Crippen LogP contribution is -2.28. The van der Waals surface area contributed by atoms with Crippen molar-refractivity contribution in [3.63, 3.8) is 0 Å². The predicted octanol–water partition coefficient (Wildman–Crippen LogP) is 7.51. The molecule has 0 amide bonds. The number of nitrogens with two attached hydrogens (primary N) is 1. The average molecular weight is 617 g/mol. The van der Waals surface area contributed by atoms with Crippen molar-refractivity contribution in [1.29, 1.82) is 0 Å². The molecule has 0 radical (unpaired) electrons. The van der Waals surface area contributed by atoms with Crippen LogP contribution in [0.4, 0.5) is 5.69 Å². The van der Waals surface area contributed by atoms with E-state index in [1.165, 1.54) is 33.7 Å². The van der Waals surface area contributed by atoms with E-state index in [9.17, 15) is 4.79 Å². The minimum Gasteiger partial charge on any atom is -0.481 e. The normalized spacial score (nSPS) is 20.1. The van der Waals surface area contributed by atoms with E-state index in [1.807, 2.05) is 19.2 Å². The molecule has 4 N–H and O–H groups in total. The molecule has 0 bridgehead atoms. The number of fused-ring (bicyclic) bond motifs is 2. The Morgan fingerprint density at radius 3 is 2.39 bits per heavy atom. The van der Waals surface area contributed by atoms with Gasteiger partial charge >= 0.3 is 5.97 Å². The lowest BCUT2D eigenvalue weighted by Gasteiger charge is -2.19. The molecule has 234 valence electrons. The van der Waals surface area contributed by atoms with Gasteiger partial charge in [0.15, 0.2) is 12.3 Å².